The van der Waals surface area contributed by atoms with Crippen molar-refractivity contribution in [2.45, 2.75) is 40.0 Å². The van der Waals surface area contributed by atoms with Crippen LogP contribution in [0.2, 0.25) is 0 Å². The normalized spacial score (nSPS) is 13.8. The van der Waals surface area contributed by atoms with Gasteiger partial charge in [-0.2, -0.15) is 0 Å². The second kappa shape index (κ2) is 8.78. The van der Waals surface area contributed by atoms with Gasteiger partial charge in [-0.15, -0.1) is 0 Å². The minimum Gasteiger partial charge on any atom is -0.481 e. The van der Waals surface area contributed by atoms with Crippen LogP contribution >= 0.6 is 0 Å². The number of nitrogens with one attached hydrogen (secondary N) is 1. The zero-order valence-electron chi connectivity index (χ0n) is 11.9. The van der Waals surface area contributed by atoms with Gasteiger partial charge >= 0.3 is 12.0 Å². The summed E-state index contributed by atoms with van der Waals surface area (Å²) in [4.78, 5) is 24.0. The summed E-state index contributed by atoms with van der Waals surface area (Å²) in [6.07, 6.45) is 1.89. The highest BCUT2D eigenvalue weighted by atomic mass is 16.4. The van der Waals surface area contributed by atoms with Crippen LogP contribution in [0.4, 0.5) is 4.79 Å². The third-order valence-corrected chi connectivity index (χ3v) is 3.21. The topological polar surface area (TPSA) is 69.6 Å². The van der Waals surface area contributed by atoms with Crippen LogP contribution in [0.5, 0.6) is 0 Å². The number of carbonyl (C=O) groups excluding carboxylic acids is 1. The van der Waals surface area contributed by atoms with Crippen molar-refractivity contribution in [3.05, 3.63) is 0 Å². The lowest BCUT2D eigenvalue weighted by Gasteiger charge is -2.22. The van der Waals surface area contributed by atoms with Crippen LogP contribution in [-0.4, -0.2) is 42.1 Å². The molecule has 0 spiro atoms. The Balaban J connectivity index is 4.03. The van der Waals surface area contributed by atoms with E-state index in [0.29, 0.717) is 12.5 Å². The van der Waals surface area contributed by atoms with E-state index in [1.165, 1.54) is 0 Å². The number of nitrogens with zero attached hydrogens (tertiary/aromatic N) is 1. The number of carboxylic acid groups (broad SMARTS) is 1. The van der Waals surface area contributed by atoms with Crippen LogP contribution in [0.25, 0.3) is 0 Å². The summed E-state index contributed by atoms with van der Waals surface area (Å²) in [7, 11) is 1.76. The zero-order valence-corrected chi connectivity index (χ0v) is 11.9. The van der Waals surface area contributed by atoms with Gasteiger partial charge in [0, 0.05) is 26.6 Å². The molecule has 0 saturated carbocycles. The van der Waals surface area contributed by atoms with Crippen LogP contribution in [0.1, 0.15) is 40.0 Å². The van der Waals surface area contributed by atoms with E-state index >= 15 is 0 Å². The summed E-state index contributed by atoms with van der Waals surface area (Å²) in [5, 5.41) is 11.5. The van der Waals surface area contributed by atoms with Gasteiger partial charge in [-0.05, 0) is 11.8 Å². The van der Waals surface area contributed by atoms with Gasteiger partial charge in [0.15, 0.2) is 0 Å². The Morgan fingerprint density at radius 1 is 1.28 bits per heavy atom. The van der Waals surface area contributed by atoms with Gasteiger partial charge in [0.2, 0.25) is 0 Å². The van der Waals surface area contributed by atoms with Gasteiger partial charge in [0.25, 0.3) is 0 Å². The molecular formula is C13H26N2O3. The maximum atomic E-state index is 11.8. The average Bonchev–Trinajstić information content (AvgIpc) is 2.33. The Bertz CT molecular complexity index is 269. The molecule has 0 aromatic rings. The summed E-state index contributed by atoms with van der Waals surface area (Å²) < 4.78 is 0. The lowest BCUT2D eigenvalue weighted by atomic mass is 10.0. The smallest absolute Gasteiger partial charge is 0.317 e. The molecule has 2 unspecified atom stereocenters. The molecule has 0 aliphatic heterocycles. The van der Waals surface area contributed by atoms with Crippen molar-refractivity contribution < 1.29 is 14.7 Å². The summed E-state index contributed by atoms with van der Waals surface area (Å²) in [6.45, 7) is 7.27. The van der Waals surface area contributed by atoms with E-state index in [4.69, 9.17) is 5.11 Å². The predicted molar refractivity (Wildman–Crippen MR) is 71.5 cm³/mol. The number of urea groups is 1. The van der Waals surface area contributed by atoms with Crippen molar-refractivity contribution in [1.82, 2.24) is 10.2 Å². The van der Waals surface area contributed by atoms with Crippen molar-refractivity contribution in [3.63, 3.8) is 0 Å². The Hall–Kier alpha value is -1.26. The van der Waals surface area contributed by atoms with Crippen LogP contribution in [0.3, 0.4) is 0 Å². The number of rotatable bonds is 8. The van der Waals surface area contributed by atoms with Gasteiger partial charge in [-0.25, -0.2) is 4.79 Å². The Morgan fingerprint density at radius 2 is 1.89 bits per heavy atom. The third kappa shape index (κ3) is 7.14. The van der Waals surface area contributed by atoms with Crippen molar-refractivity contribution in [3.8, 4) is 0 Å². The second-order valence-corrected chi connectivity index (χ2v) is 4.95. The fraction of sp³-hybridized carbons (Fsp3) is 0.846. The molecule has 0 saturated heterocycles. The minimum atomic E-state index is -0.816. The van der Waals surface area contributed by atoms with E-state index in [2.05, 4.69) is 19.2 Å². The maximum Gasteiger partial charge on any atom is 0.317 e. The van der Waals surface area contributed by atoms with E-state index in [1.807, 2.05) is 6.92 Å². The van der Waals surface area contributed by atoms with Crippen molar-refractivity contribution in [2.75, 3.05) is 20.1 Å². The van der Waals surface area contributed by atoms with E-state index in [1.54, 1.807) is 11.9 Å². The number of carboxylic acids is 1. The zero-order chi connectivity index (χ0) is 14.1. The molecule has 0 radical (unpaired) electrons. The fourth-order valence-corrected chi connectivity index (χ4v) is 1.65. The molecule has 0 heterocycles. The first-order valence-electron chi connectivity index (χ1n) is 6.61. The van der Waals surface area contributed by atoms with E-state index in [9.17, 15) is 9.59 Å². The standard InChI is InChI=1S/C13H26N2O3/c1-5-10(3)9-15(4)13(18)14-8-11(6-2)7-12(16)17/h10-11H,5-9H2,1-4H3,(H,14,18)(H,16,17). The van der Waals surface area contributed by atoms with Gasteiger partial charge in [0.1, 0.15) is 0 Å². The molecule has 0 aromatic carbocycles. The average molecular weight is 258 g/mol. The first kappa shape index (κ1) is 16.7. The molecule has 0 aromatic heterocycles. The lowest BCUT2D eigenvalue weighted by Crippen LogP contribution is -2.41. The maximum absolute atomic E-state index is 11.8. The summed E-state index contributed by atoms with van der Waals surface area (Å²) in [5.74, 6) is -0.339. The summed E-state index contributed by atoms with van der Waals surface area (Å²) in [5.41, 5.74) is 0. The number of carbonyl (C=O) groups is 2. The Labute approximate surface area is 110 Å². The highest BCUT2D eigenvalue weighted by molar-refractivity contribution is 5.74. The highest BCUT2D eigenvalue weighted by Crippen LogP contribution is 2.07. The van der Waals surface area contributed by atoms with Gasteiger partial charge in [-0.1, -0.05) is 33.6 Å². The van der Waals surface area contributed by atoms with Crippen LogP contribution in [0.15, 0.2) is 0 Å². The van der Waals surface area contributed by atoms with Gasteiger partial charge in [0.05, 0.1) is 0 Å². The number of aliphatic carboxylic acids is 1. The quantitative estimate of drug-likeness (QED) is 0.701. The first-order valence-corrected chi connectivity index (χ1v) is 6.61. The van der Waals surface area contributed by atoms with Crippen LogP contribution in [0, 0.1) is 11.8 Å². The molecule has 0 aliphatic rings. The molecule has 0 rings (SSSR count). The van der Waals surface area contributed by atoms with Crippen LogP contribution in [-0.2, 0) is 4.79 Å². The molecule has 0 aliphatic carbocycles. The number of amides is 2. The van der Waals surface area contributed by atoms with Crippen molar-refractivity contribution in [1.29, 1.82) is 0 Å². The van der Waals surface area contributed by atoms with Gasteiger partial charge < -0.3 is 15.3 Å². The molecule has 0 fully saturated rings. The van der Waals surface area contributed by atoms with Crippen molar-refractivity contribution >= 4 is 12.0 Å². The third-order valence-electron chi connectivity index (χ3n) is 3.21. The molecular weight excluding hydrogens is 232 g/mol. The number of hydrogen-bond acceptors (Lipinski definition) is 2. The SMILES string of the molecule is CCC(C)CN(C)C(=O)NCC(CC)CC(=O)O. The molecule has 2 atom stereocenters. The molecule has 106 valence electrons. The molecule has 5 heteroatoms. The predicted octanol–water partition coefficient (Wildman–Crippen LogP) is 2.17. The van der Waals surface area contributed by atoms with Crippen LogP contribution < -0.4 is 5.32 Å². The number of hydrogen-bond donors (Lipinski definition) is 2. The molecule has 2 amide bonds. The molecule has 5 nitrogen and oxygen atoms in total. The summed E-state index contributed by atoms with van der Waals surface area (Å²) >= 11 is 0. The summed E-state index contributed by atoms with van der Waals surface area (Å²) in [6, 6.07) is -0.126. The Morgan fingerprint density at radius 3 is 2.33 bits per heavy atom. The first-order chi connectivity index (χ1) is 8.40. The van der Waals surface area contributed by atoms with E-state index in [0.717, 1.165) is 19.4 Å². The van der Waals surface area contributed by atoms with Gasteiger partial charge in [-0.3, -0.25) is 4.79 Å². The molecule has 2 N–H and O–H groups in total. The monoisotopic (exact) mass is 258 g/mol. The largest absolute Gasteiger partial charge is 0.481 e. The second-order valence-electron chi connectivity index (χ2n) is 4.95. The highest BCUT2D eigenvalue weighted by Gasteiger charge is 2.15. The fourth-order valence-electron chi connectivity index (χ4n) is 1.65. The minimum absolute atomic E-state index is 0.00319. The molecule has 0 bridgehead atoms. The molecule has 18 heavy (non-hydrogen) atoms. The Kier molecular flexibility index (Phi) is 8.16. The van der Waals surface area contributed by atoms with E-state index in [-0.39, 0.29) is 18.4 Å². The van der Waals surface area contributed by atoms with Crippen molar-refractivity contribution in [2.24, 2.45) is 11.8 Å². The van der Waals surface area contributed by atoms with E-state index < -0.39 is 5.97 Å². The lowest BCUT2D eigenvalue weighted by molar-refractivity contribution is -0.138.